The van der Waals surface area contributed by atoms with Crippen LogP contribution in [-0.4, -0.2) is 6.08 Å². The smallest absolute Gasteiger partial charge is 0.211 e. The van der Waals surface area contributed by atoms with Crippen LogP contribution in [0.1, 0.15) is 30.9 Å². The van der Waals surface area contributed by atoms with E-state index in [0.717, 1.165) is 5.56 Å². The van der Waals surface area contributed by atoms with E-state index in [-0.39, 0.29) is 18.3 Å². The summed E-state index contributed by atoms with van der Waals surface area (Å²) in [6.07, 6.45) is 1.46. The number of aliphatic imine (C=N–C) groups is 1. The number of hydrogen-bond acceptors (Lipinski definition) is 2. The molecule has 1 aromatic rings. The van der Waals surface area contributed by atoms with Crippen molar-refractivity contribution in [2.75, 3.05) is 0 Å². The first-order valence-corrected chi connectivity index (χ1v) is 4.47. The zero-order valence-electron chi connectivity index (χ0n) is 8.25. The molecule has 0 atom stereocenters. The van der Waals surface area contributed by atoms with E-state index in [2.05, 4.69) is 4.99 Å². The van der Waals surface area contributed by atoms with Crippen LogP contribution >= 0.6 is 0 Å². The summed E-state index contributed by atoms with van der Waals surface area (Å²) in [4.78, 5) is 13.3. The Morgan fingerprint density at radius 2 is 2.21 bits per heavy atom. The Kier molecular flexibility index (Phi) is 3.55. The molecule has 0 saturated carbocycles. The lowest BCUT2D eigenvalue weighted by molar-refractivity contribution is 0.562. The average molecular weight is 193 g/mol. The van der Waals surface area contributed by atoms with Crippen molar-refractivity contribution in [2.45, 2.75) is 26.3 Å². The molecule has 14 heavy (non-hydrogen) atoms. The Labute approximate surface area is 82.5 Å². The number of carbonyl (C=O) groups excluding carboxylic acids is 1. The maximum Gasteiger partial charge on any atom is 0.235 e. The molecule has 0 fully saturated rings. The van der Waals surface area contributed by atoms with Gasteiger partial charge in [-0.2, -0.15) is 0 Å². The molecule has 0 radical (unpaired) electrons. The molecular weight excluding hydrogens is 181 g/mol. The summed E-state index contributed by atoms with van der Waals surface area (Å²) < 4.78 is 13.2. The zero-order valence-corrected chi connectivity index (χ0v) is 8.25. The summed E-state index contributed by atoms with van der Waals surface area (Å²) in [5, 5.41) is 0. The van der Waals surface area contributed by atoms with Gasteiger partial charge in [-0.05, 0) is 23.1 Å². The second-order valence-corrected chi connectivity index (χ2v) is 3.42. The summed E-state index contributed by atoms with van der Waals surface area (Å²) in [5.74, 6) is -0.0750. The van der Waals surface area contributed by atoms with E-state index in [1.165, 1.54) is 12.1 Å². The topological polar surface area (TPSA) is 29.4 Å². The predicted octanol–water partition coefficient (Wildman–Crippen LogP) is 2.78. The number of hydrogen-bond donors (Lipinski definition) is 0. The third-order valence-electron chi connectivity index (χ3n) is 2.01. The third kappa shape index (κ3) is 2.51. The minimum Gasteiger partial charge on any atom is -0.211 e. The number of rotatable bonds is 3. The van der Waals surface area contributed by atoms with Crippen molar-refractivity contribution in [1.29, 1.82) is 0 Å². The third-order valence-corrected chi connectivity index (χ3v) is 2.01. The van der Waals surface area contributed by atoms with Crippen molar-refractivity contribution >= 4 is 6.08 Å². The van der Waals surface area contributed by atoms with Gasteiger partial charge in [0, 0.05) is 0 Å². The Morgan fingerprint density at radius 1 is 1.50 bits per heavy atom. The van der Waals surface area contributed by atoms with E-state index < -0.39 is 0 Å². The van der Waals surface area contributed by atoms with Gasteiger partial charge in [0.15, 0.2) is 0 Å². The van der Waals surface area contributed by atoms with Crippen molar-refractivity contribution in [3.8, 4) is 0 Å². The fourth-order valence-corrected chi connectivity index (χ4v) is 1.26. The van der Waals surface area contributed by atoms with E-state index in [4.69, 9.17) is 0 Å². The van der Waals surface area contributed by atoms with Gasteiger partial charge in [-0.25, -0.2) is 14.2 Å². The molecular formula is C11H12FNO. The summed E-state index contributed by atoms with van der Waals surface area (Å²) >= 11 is 0. The number of benzene rings is 1. The normalized spacial score (nSPS) is 10.0. The van der Waals surface area contributed by atoms with Crippen LogP contribution in [0.25, 0.3) is 0 Å². The van der Waals surface area contributed by atoms with Crippen molar-refractivity contribution in [3.05, 3.63) is 35.1 Å². The van der Waals surface area contributed by atoms with Crippen LogP contribution in [0.15, 0.2) is 23.2 Å². The van der Waals surface area contributed by atoms with Crippen LogP contribution in [-0.2, 0) is 11.3 Å². The highest BCUT2D eigenvalue weighted by Crippen LogP contribution is 2.19. The highest BCUT2D eigenvalue weighted by molar-refractivity contribution is 5.34. The second kappa shape index (κ2) is 4.68. The molecule has 0 spiro atoms. The predicted molar refractivity (Wildman–Crippen MR) is 52.3 cm³/mol. The summed E-state index contributed by atoms with van der Waals surface area (Å²) in [6, 6.07) is 4.77. The van der Waals surface area contributed by atoms with Crippen LogP contribution in [0.4, 0.5) is 4.39 Å². The number of nitrogens with zero attached hydrogens (tertiary/aromatic N) is 1. The monoisotopic (exact) mass is 193 g/mol. The van der Waals surface area contributed by atoms with Crippen molar-refractivity contribution in [3.63, 3.8) is 0 Å². The molecule has 0 aliphatic rings. The second-order valence-electron chi connectivity index (χ2n) is 3.42. The van der Waals surface area contributed by atoms with Gasteiger partial charge >= 0.3 is 0 Å². The highest BCUT2D eigenvalue weighted by atomic mass is 19.1. The zero-order chi connectivity index (χ0) is 10.6. The Morgan fingerprint density at radius 3 is 2.79 bits per heavy atom. The van der Waals surface area contributed by atoms with Gasteiger partial charge in [-0.1, -0.05) is 26.0 Å². The van der Waals surface area contributed by atoms with Gasteiger partial charge < -0.3 is 0 Å². The standard InChI is InChI=1S/C11H12FNO/c1-8(2)10-5-9(6-13-7-14)3-4-11(10)12/h3-5,8H,6H2,1-2H3. The van der Waals surface area contributed by atoms with Gasteiger partial charge in [0.1, 0.15) is 5.82 Å². The van der Waals surface area contributed by atoms with Gasteiger partial charge in [-0.3, -0.25) is 0 Å². The quantitative estimate of drug-likeness (QED) is 0.536. The number of halogens is 1. The van der Waals surface area contributed by atoms with Crippen LogP contribution in [0, 0.1) is 5.82 Å². The Balaban J connectivity index is 2.99. The minimum atomic E-state index is -0.209. The summed E-state index contributed by atoms with van der Waals surface area (Å²) in [5.41, 5.74) is 1.49. The van der Waals surface area contributed by atoms with Crippen LogP contribution in [0.5, 0.6) is 0 Å². The van der Waals surface area contributed by atoms with E-state index in [1.807, 2.05) is 13.8 Å². The molecule has 0 saturated heterocycles. The molecule has 0 aliphatic heterocycles. The van der Waals surface area contributed by atoms with Gasteiger partial charge in [-0.15, -0.1) is 0 Å². The fourth-order valence-electron chi connectivity index (χ4n) is 1.26. The molecule has 0 amide bonds. The van der Waals surface area contributed by atoms with Crippen LogP contribution < -0.4 is 0 Å². The van der Waals surface area contributed by atoms with E-state index in [9.17, 15) is 9.18 Å². The molecule has 2 nitrogen and oxygen atoms in total. The van der Waals surface area contributed by atoms with Gasteiger partial charge in [0.2, 0.25) is 6.08 Å². The number of isocyanates is 1. The SMILES string of the molecule is CC(C)c1cc(CN=C=O)ccc1F. The molecule has 0 unspecified atom stereocenters. The molecule has 74 valence electrons. The molecule has 3 heteroatoms. The van der Waals surface area contributed by atoms with Gasteiger partial charge in [0.25, 0.3) is 0 Å². The summed E-state index contributed by atoms with van der Waals surface area (Å²) in [6.45, 7) is 4.11. The average Bonchev–Trinajstić information content (AvgIpc) is 2.16. The molecule has 0 aliphatic carbocycles. The van der Waals surface area contributed by atoms with Crippen LogP contribution in [0.2, 0.25) is 0 Å². The molecule has 1 rings (SSSR count). The van der Waals surface area contributed by atoms with Crippen LogP contribution in [0.3, 0.4) is 0 Å². The van der Waals surface area contributed by atoms with Crippen molar-refractivity contribution in [2.24, 2.45) is 4.99 Å². The maximum absolute atomic E-state index is 13.2. The molecule has 0 heterocycles. The fraction of sp³-hybridized carbons (Fsp3) is 0.364. The van der Waals surface area contributed by atoms with Gasteiger partial charge in [0.05, 0.1) is 6.54 Å². The Hall–Kier alpha value is -1.47. The van der Waals surface area contributed by atoms with Crippen molar-refractivity contribution < 1.29 is 9.18 Å². The Bertz CT molecular complexity index is 368. The maximum atomic E-state index is 13.2. The molecule has 0 bridgehead atoms. The van der Waals surface area contributed by atoms with E-state index >= 15 is 0 Å². The minimum absolute atomic E-state index is 0.134. The summed E-state index contributed by atoms with van der Waals surface area (Å²) in [7, 11) is 0. The lowest BCUT2D eigenvalue weighted by atomic mass is 10.0. The first-order valence-electron chi connectivity index (χ1n) is 4.47. The molecule has 0 aromatic heterocycles. The first-order chi connectivity index (χ1) is 6.65. The highest BCUT2D eigenvalue weighted by Gasteiger charge is 2.06. The lowest BCUT2D eigenvalue weighted by Gasteiger charge is -2.07. The first kappa shape index (κ1) is 10.6. The molecule has 1 aromatic carbocycles. The van der Waals surface area contributed by atoms with E-state index in [0.29, 0.717) is 5.56 Å². The van der Waals surface area contributed by atoms with E-state index in [1.54, 1.807) is 12.1 Å². The largest absolute Gasteiger partial charge is 0.235 e. The van der Waals surface area contributed by atoms with Crippen molar-refractivity contribution in [1.82, 2.24) is 0 Å². The molecule has 0 N–H and O–H groups in total. The lowest BCUT2D eigenvalue weighted by Crippen LogP contribution is -1.94.